The van der Waals surface area contributed by atoms with E-state index in [4.69, 9.17) is 5.73 Å². The summed E-state index contributed by atoms with van der Waals surface area (Å²) in [5, 5.41) is 1.36. The summed E-state index contributed by atoms with van der Waals surface area (Å²) in [5.41, 5.74) is 8.35. The Kier molecular flexibility index (Phi) is 4.20. The maximum absolute atomic E-state index is 12.5. The molecule has 0 aliphatic carbocycles. The first-order valence-corrected chi connectivity index (χ1v) is 8.62. The molecule has 1 amide bonds. The molecule has 0 aliphatic rings. The number of nitrogens with one attached hydrogen (secondary N) is 2. The SMILES string of the molecule is Nc1ccccc1C(=O)NNS(=O)(=O)c1cccc2ccccc12. The number of carbonyl (C=O) groups excluding carboxylic acids is 1. The van der Waals surface area contributed by atoms with Crippen molar-refractivity contribution in [3.05, 3.63) is 72.3 Å². The third-order valence-corrected chi connectivity index (χ3v) is 4.85. The van der Waals surface area contributed by atoms with E-state index in [1.807, 2.05) is 18.2 Å². The molecule has 0 bridgehead atoms. The molecule has 0 saturated carbocycles. The molecule has 0 atom stereocenters. The van der Waals surface area contributed by atoms with Gasteiger partial charge in [-0.15, -0.1) is 4.83 Å². The molecule has 0 aromatic heterocycles. The summed E-state index contributed by atoms with van der Waals surface area (Å²) in [6.07, 6.45) is 0. The van der Waals surface area contributed by atoms with E-state index in [0.29, 0.717) is 5.39 Å². The van der Waals surface area contributed by atoms with Crippen LogP contribution in [0.5, 0.6) is 0 Å². The minimum Gasteiger partial charge on any atom is -0.398 e. The zero-order valence-corrected chi connectivity index (χ0v) is 13.4. The van der Waals surface area contributed by atoms with Crippen LogP contribution in [-0.2, 0) is 10.0 Å². The summed E-state index contributed by atoms with van der Waals surface area (Å²) < 4.78 is 25.0. The van der Waals surface area contributed by atoms with Gasteiger partial charge in [-0.05, 0) is 23.6 Å². The van der Waals surface area contributed by atoms with Gasteiger partial charge >= 0.3 is 0 Å². The Morgan fingerprint density at radius 1 is 0.875 bits per heavy atom. The van der Waals surface area contributed by atoms with E-state index in [1.54, 1.807) is 36.4 Å². The molecule has 0 spiro atoms. The number of rotatable bonds is 4. The Balaban J connectivity index is 1.86. The highest BCUT2D eigenvalue weighted by Crippen LogP contribution is 2.22. The fraction of sp³-hybridized carbons (Fsp3) is 0. The van der Waals surface area contributed by atoms with Crippen LogP contribution < -0.4 is 16.0 Å². The van der Waals surface area contributed by atoms with Gasteiger partial charge in [-0.25, -0.2) is 8.42 Å². The highest BCUT2D eigenvalue weighted by Gasteiger charge is 2.18. The van der Waals surface area contributed by atoms with E-state index in [0.717, 1.165) is 5.39 Å². The van der Waals surface area contributed by atoms with Crippen molar-refractivity contribution < 1.29 is 13.2 Å². The van der Waals surface area contributed by atoms with Crippen LogP contribution in [0.25, 0.3) is 10.8 Å². The van der Waals surface area contributed by atoms with Gasteiger partial charge in [-0.1, -0.05) is 48.5 Å². The number of amides is 1. The van der Waals surface area contributed by atoms with E-state index in [9.17, 15) is 13.2 Å². The minimum atomic E-state index is -3.93. The van der Waals surface area contributed by atoms with Gasteiger partial charge in [-0.2, -0.15) is 0 Å². The molecule has 0 unspecified atom stereocenters. The minimum absolute atomic E-state index is 0.0851. The quantitative estimate of drug-likeness (QED) is 0.499. The lowest BCUT2D eigenvalue weighted by Crippen LogP contribution is -2.41. The summed E-state index contributed by atoms with van der Waals surface area (Å²) in [4.78, 5) is 14.3. The fourth-order valence-corrected chi connectivity index (χ4v) is 3.44. The number of hydrogen-bond acceptors (Lipinski definition) is 4. The normalized spacial score (nSPS) is 11.3. The molecule has 7 heteroatoms. The van der Waals surface area contributed by atoms with Gasteiger partial charge in [0.25, 0.3) is 15.9 Å². The highest BCUT2D eigenvalue weighted by atomic mass is 32.2. The molecule has 6 nitrogen and oxygen atoms in total. The Bertz CT molecular complexity index is 1010. The predicted octanol–water partition coefficient (Wildman–Crippen LogP) is 2.05. The van der Waals surface area contributed by atoms with Gasteiger partial charge in [0.05, 0.1) is 10.5 Å². The molecule has 3 aromatic rings. The van der Waals surface area contributed by atoms with Crippen molar-refractivity contribution in [3.63, 3.8) is 0 Å². The number of nitrogens with two attached hydrogens (primary N) is 1. The molecule has 122 valence electrons. The Labute approximate surface area is 139 Å². The summed E-state index contributed by atoms with van der Waals surface area (Å²) >= 11 is 0. The molecule has 0 heterocycles. The highest BCUT2D eigenvalue weighted by molar-refractivity contribution is 7.89. The van der Waals surface area contributed by atoms with Crippen LogP contribution >= 0.6 is 0 Å². The van der Waals surface area contributed by atoms with Crippen molar-refractivity contribution in [1.82, 2.24) is 10.3 Å². The molecule has 3 rings (SSSR count). The number of sulfonamides is 1. The average molecular weight is 341 g/mol. The number of anilines is 1. The molecular weight excluding hydrogens is 326 g/mol. The second kappa shape index (κ2) is 6.31. The Morgan fingerprint density at radius 3 is 2.33 bits per heavy atom. The maximum atomic E-state index is 12.5. The molecular formula is C17H15N3O3S. The van der Waals surface area contributed by atoms with Crippen molar-refractivity contribution in [3.8, 4) is 0 Å². The van der Waals surface area contributed by atoms with E-state index in [1.165, 1.54) is 12.1 Å². The molecule has 24 heavy (non-hydrogen) atoms. The number of benzene rings is 3. The first-order valence-electron chi connectivity index (χ1n) is 7.13. The smallest absolute Gasteiger partial charge is 0.268 e. The Hall–Kier alpha value is -2.90. The molecule has 0 saturated heterocycles. The molecule has 0 fully saturated rings. The van der Waals surface area contributed by atoms with Crippen molar-refractivity contribution in [2.75, 3.05) is 5.73 Å². The van der Waals surface area contributed by atoms with Crippen molar-refractivity contribution in [2.24, 2.45) is 0 Å². The second-order valence-electron chi connectivity index (χ2n) is 5.12. The number of carbonyl (C=O) groups is 1. The standard InChI is InChI=1S/C17H15N3O3S/c18-15-10-4-3-9-14(15)17(21)19-20-24(22,23)16-11-5-7-12-6-1-2-8-13(12)16/h1-11,20H,18H2,(H,19,21). The lowest BCUT2D eigenvalue weighted by atomic mass is 10.1. The van der Waals surface area contributed by atoms with E-state index < -0.39 is 15.9 Å². The second-order valence-corrected chi connectivity index (χ2v) is 6.77. The van der Waals surface area contributed by atoms with Gasteiger partial charge in [-0.3, -0.25) is 10.2 Å². The fourth-order valence-electron chi connectivity index (χ4n) is 2.37. The number of para-hydroxylation sites is 1. The van der Waals surface area contributed by atoms with Gasteiger partial charge in [0.2, 0.25) is 0 Å². The van der Waals surface area contributed by atoms with Crippen LogP contribution in [0.4, 0.5) is 5.69 Å². The van der Waals surface area contributed by atoms with Gasteiger partial charge in [0, 0.05) is 11.1 Å². The predicted molar refractivity (Wildman–Crippen MR) is 92.6 cm³/mol. The summed E-state index contributed by atoms with van der Waals surface area (Å²) in [6, 6.07) is 18.5. The largest absolute Gasteiger partial charge is 0.398 e. The van der Waals surface area contributed by atoms with Crippen molar-refractivity contribution in [2.45, 2.75) is 4.90 Å². The van der Waals surface area contributed by atoms with Crippen LogP contribution in [0, 0.1) is 0 Å². The average Bonchev–Trinajstić information content (AvgIpc) is 2.59. The maximum Gasteiger partial charge on any atom is 0.268 e. The zero-order valence-electron chi connectivity index (χ0n) is 12.6. The van der Waals surface area contributed by atoms with Gasteiger partial charge < -0.3 is 5.73 Å². The summed E-state index contributed by atoms with van der Waals surface area (Å²) in [7, 11) is -3.93. The lowest BCUT2D eigenvalue weighted by Gasteiger charge is -2.11. The van der Waals surface area contributed by atoms with Crippen LogP contribution in [0.3, 0.4) is 0 Å². The number of fused-ring (bicyclic) bond motifs is 1. The van der Waals surface area contributed by atoms with Gasteiger partial charge in [0.15, 0.2) is 0 Å². The number of hydrazine groups is 1. The van der Waals surface area contributed by atoms with E-state index >= 15 is 0 Å². The van der Waals surface area contributed by atoms with Crippen LogP contribution in [0.15, 0.2) is 71.6 Å². The summed E-state index contributed by atoms with van der Waals surface area (Å²) in [6.45, 7) is 0. The van der Waals surface area contributed by atoms with Crippen LogP contribution in [-0.4, -0.2) is 14.3 Å². The number of nitrogen functional groups attached to an aromatic ring is 1. The monoisotopic (exact) mass is 341 g/mol. The number of hydrogen-bond donors (Lipinski definition) is 3. The first-order chi connectivity index (χ1) is 11.5. The van der Waals surface area contributed by atoms with Crippen molar-refractivity contribution >= 4 is 32.4 Å². The third-order valence-electron chi connectivity index (χ3n) is 3.54. The van der Waals surface area contributed by atoms with Crippen LogP contribution in [0.1, 0.15) is 10.4 Å². The molecule has 0 radical (unpaired) electrons. The van der Waals surface area contributed by atoms with Gasteiger partial charge in [0.1, 0.15) is 0 Å². The Morgan fingerprint density at radius 2 is 1.54 bits per heavy atom. The van der Waals surface area contributed by atoms with E-state index in [-0.39, 0.29) is 16.1 Å². The van der Waals surface area contributed by atoms with Crippen molar-refractivity contribution in [1.29, 1.82) is 0 Å². The van der Waals surface area contributed by atoms with Crippen LogP contribution in [0.2, 0.25) is 0 Å². The third kappa shape index (κ3) is 3.08. The first kappa shape index (κ1) is 16.0. The topological polar surface area (TPSA) is 101 Å². The summed E-state index contributed by atoms with van der Waals surface area (Å²) in [5.74, 6) is -0.628. The molecule has 3 aromatic carbocycles. The molecule has 0 aliphatic heterocycles. The van der Waals surface area contributed by atoms with E-state index in [2.05, 4.69) is 10.3 Å². The molecule has 4 N–H and O–H groups in total. The zero-order chi connectivity index (χ0) is 17.2. The lowest BCUT2D eigenvalue weighted by molar-refractivity contribution is 0.0946.